The van der Waals surface area contributed by atoms with E-state index in [1.807, 2.05) is 0 Å². The van der Waals surface area contributed by atoms with Crippen LogP contribution in [0.2, 0.25) is 0 Å². The van der Waals surface area contributed by atoms with Gasteiger partial charge in [-0.15, -0.1) is 0 Å². The van der Waals surface area contributed by atoms with Gasteiger partial charge in [-0.25, -0.2) is 0 Å². The molecule has 1 saturated heterocycles. The zero-order valence-electron chi connectivity index (χ0n) is 7.25. The van der Waals surface area contributed by atoms with Gasteiger partial charge in [0.1, 0.15) is 0 Å². The minimum atomic E-state index is 0.913. The molecule has 0 aliphatic carbocycles. The van der Waals surface area contributed by atoms with Crippen molar-refractivity contribution in [2.45, 2.75) is 13.3 Å². The maximum absolute atomic E-state index is 5.25. The third-order valence-corrected chi connectivity index (χ3v) is 1.95. The van der Waals surface area contributed by atoms with Gasteiger partial charge in [0, 0.05) is 19.6 Å². The Hall–Kier alpha value is -0.340. The van der Waals surface area contributed by atoms with Gasteiger partial charge >= 0.3 is 0 Å². The van der Waals surface area contributed by atoms with E-state index in [9.17, 15) is 0 Å². The maximum Gasteiger partial charge on any atom is 0.0594 e. The van der Waals surface area contributed by atoms with Gasteiger partial charge in [-0.2, -0.15) is 0 Å². The Balaban J connectivity index is 2.04. The molecular weight excluding hydrogens is 138 g/mol. The second kappa shape index (κ2) is 5.33. The van der Waals surface area contributed by atoms with E-state index in [1.54, 1.807) is 0 Å². The summed E-state index contributed by atoms with van der Waals surface area (Å²) in [4.78, 5) is 2.45. The summed E-state index contributed by atoms with van der Waals surface area (Å²) < 4.78 is 5.25. The molecule has 0 saturated carbocycles. The molecule has 0 amide bonds. The number of morpholine rings is 1. The van der Waals surface area contributed by atoms with Crippen LogP contribution in [0.3, 0.4) is 0 Å². The summed E-state index contributed by atoms with van der Waals surface area (Å²) in [5.41, 5.74) is 0. The van der Waals surface area contributed by atoms with Gasteiger partial charge in [0.25, 0.3) is 0 Å². The van der Waals surface area contributed by atoms with Crippen molar-refractivity contribution in [3.05, 3.63) is 12.2 Å². The molecule has 0 aromatic carbocycles. The van der Waals surface area contributed by atoms with Crippen molar-refractivity contribution in [3.63, 3.8) is 0 Å². The average molecular weight is 155 g/mol. The Morgan fingerprint density at radius 1 is 1.36 bits per heavy atom. The van der Waals surface area contributed by atoms with E-state index in [0.717, 1.165) is 26.3 Å². The van der Waals surface area contributed by atoms with Crippen LogP contribution in [-0.2, 0) is 4.74 Å². The van der Waals surface area contributed by atoms with E-state index >= 15 is 0 Å². The molecule has 1 fully saturated rings. The van der Waals surface area contributed by atoms with E-state index in [1.165, 1.54) is 13.0 Å². The molecule has 0 radical (unpaired) electrons. The molecule has 1 aliphatic heterocycles. The predicted molar refractivity (Wildman–Crippen MR) is 46.7 cm³/mol. The molecule has 1 rings (SSSR count). The summed E-state index contributed by atoms with van der Waals surface area (Å²) in [5.74, 6) is 0. The number of hydrogen-bond acceptors (Lipinski definition) is 2. The lowest BCUT2D eigenvalue weighted by Gasteiger charge is -2.25. The normalized spacial score (nSPS) is 21.2. The van der Waals surface area contributed by atoms with Crippen molar-refractivity contribution in [2.75, 3.05) is 32.8 Å². The average Bonchev–Trinajstić information content (AvgIpc) is 2.07. The Bertz CT molecular complexity index is 117. The van der Waals surface area contributed by atoms with Gasteiger partial charge in [0.2, 0.25) is 0 Å². The zero-order valence-corrected chi connectivity index (χ0v) is 7.25. The highest BCUT2D eigenvalue weighted by Crippen LogP contribution is 1.97. The standard InChI is InChI=1S/C9H17NO/c1-2-3-4-5-10-6-8-11-9-7-10/h2-3H,4-9H2,1H3. The third-order valence-electron chi connectivity index (χ3n) is 1.95. The number of ether oxygens (including phenoxy) is 1. The van der Waals surface area contributed by atoms with E-state index in [-0.39, 0.29) is 0 Å². The molecule has 0 aromatic heterocycles. The van der Waals surface area contributed by atoms with Gasteiger partial charge in [-0.3, -0.25) is 4.90 Å². The van der Waals surface area contributed by atoms with Crippen molar-refractivity contribution < 1.29 is 4.74 Å². The molecule has 0 bridgehead atoms. The summed E-state index contributed by atoms with van der Waals surface area (Å²) in [6.45, 7) is 7.30. The van der Waals surface area contributed by atoms with Gasteiger partial charge in [0.15, 0.2) is 0 Å². The van der Waals surface area contributed by atoms with Crippen molar-refractivity contribution in [3.8, 4) is 0 Å². The van der Waals surface area contributed by atoms with Crippen LogP contribution >= 0.6 is 0 Å². The molecule has 0 atom stereocenters. The number of allylic oxidation sites excluding steroid dienone is 1. The van der Waals surface area contributed by atoms with Crippen LogP contribution < -0.4 is 0 Å². The van der Waals surface area contributed by atoms with E-state index in [2.05, 4.69) is 24.0 Å². The Morgan fingerprint density at radius 3 is 2.73 bits per heavy atom. The molecule has 2 heteroatoms. The number of hydrogen-bond donors (Lipinski definition) is 0. The summed E-state index contributed by atoms with van der Waals surface area (Å²) in [6.07, 6.45) is 5.51. The lowest BCUT2D eigenvalue weighted by atomic mass is 10.3. The highest BCUT2D eigenvalue weighted by atomic mass is 16.5. The SMILES string of the molecule is CC=CCCN1CCOCC1. The highest BCUT2D eigenvalue weighted by Gasteiger charge is 2.07. The summed E-state index contributed by atoms with van der Waals surface area (Å²) in [6, 6.07) is 0. The fourth-order valence-corrected chi connectivity index (χ4v) is 1.25. The van der Waals surface area contributed by atoms with E-state index < -0.39 is 0 Å². The molecule has 0 spiro atoms. The van der Waals surface area contributed by atoms with Crippen LogP contribution in [0.1, 0.15) is 13.3 Å². The van der Waals surface area contributed by atoms with Crippen molar-refractivity contribution >= 4 is 0 Å². The zero-order chi connectivity index (χ0) is 7.94. The first-order valence-electron chi connectivity index (χ1n) is 4.34. The fourth-order valence-electron chi connectivity index (χ4n) is 1.25. The summed E-state index contributed by atoms with van der Waals surface area (Å²) in [7, 11) is 0. The molecule has 2 nitrogen and oxygen atoms in total. The van der Waals surface area contributed by atoms with Crippen LogP contribution in [-0.4, -0.2) is 37.7 Å². The molecule has 1 aliphatic rings. The first-order valence-corrected chi connectivity index (χ1v) is 4.34. The van der Waals surface area contributed by atoms with Crippen molar-refractivity contribution in [1.29, 1.82) is 0 Å². The van der Waals surface area contributed by atoms with Gasteiger partial charge < -0.3 is 4.74 Å². The summed E-state index contributed by atoms with van der Waals surface area (Å²) >= 11 is 0. The van der Waals surface area contributed by atoms with Crippen LogP contribution in [0.5, 0.6) is 0 Å². The molecular formula is C9H17NO. The minimum absolute atomic E-state index is 0.913. The van der Waals surface area contributed by atoms with Crippen LogP contribution in [0, 0.1) is 0 Å². The first kappa shape index (κ1) is 8.75. The van der Waals surface area contributed by atoms with Gasteiger partial charge in [0.05, 0.1) is 13.2 Å². The maximum atomic E-state index is 5.25. The quantitative estimate of drug-likeness (QED) is 0.569. The Labute approximate surface area is 68.8 Å². The molecule has 0 aromatic rings. The molecule has 11 heavy (non-hydrogen) atoms. The van der Waals surface area contributed by atoms with E-state index in [0.29, 0.717) is 0 Å². The van der Waals surface area contributed by atoms with Crippen molar-refractivity contribution in [1.82, 2.24) is 4.90 Å². The predicted octanol–water partition coefficient (Wildman–Crippen LogP) is 1.28. The fraction of sp³-hybridized carbons (Fsp3) is 0.778. The molecule has 64 valence electrons. The topological polar surface area (TPSA) is 12.5 Å². The lowest BCUT2D eigenvalue weighted by molar-refractivity contribution is 0.0387. The second-order valence-corrected chi connectivity index (χ2v) is 2.81. The molecule has 0 N–H and O–H groups in total. The molecule has 1 heterocycles. The van der Waals surface area contributed by atoms with Gasteiger partial charge in [-0.1, -0.05) is 12.2 Å². The van der Waals surface area contributed by atoms with E-state index in [4.69, 9.17) is 4.74 Å². The van der Waals surface area contributed by atoms with Crippen LogP contribution in [0.25, 0.3) is 0 Å². The number of rotatable bonds is 3. The summed E-state index contributed by atoms with van der Waals surface area (Å²) in [5, 5.41) is 0. The number of nitrogens with zero attached hydrogens (tertiary/aromatic N) is 1. The molecule has 0 unspecified atom stereocenters. The van der Waals surface area contributed by atoms with Crippen molar-refractivity contribution in [2.24, 2.45) is 0 Å². The minimum Gasteiger partial charge on any atom is -0.379 e. The smallest absolute Gasteiger partial charge is 0.0594 e. The monoisotopic (exact) mass is 155 g/mol. The highest BCUT2D eigenvalue weighted by molar-refractivity contribution is 4.78. The largest absolute Gasteiger partial charge is 0.379 e. The first-order chi connectivity index (χ1) is 5.43. The van der Waals surface area contributed by atoms with Gasteiger partial charge in [-0.05, 0) is 13.3 Å². The third kappa shape index (κ3) is 3.54. The lowest BCUT2D eigenvalue weighted by Crippen LogP contribution is -2.36. The Kier molecular flexibility index (Phi) is 4.24. The van der Waals surface area contributed by atoms with Crippen LogP contribution in [0.15, 0.2) is 12.2 Å². The Morgan fingerprint density at radius 2 is 2.09 bits per heavy atom. The van der Waals surface area contributed by atoms with Crippen LogP contribution in [0.4, 0.5) is 0 Å². The second-order valence-electron chi connectivity index (χ2n) is 2.81.